The maximum absolute atomic E-state index is 12.5. The molecule has 0 fully saturated rings. The van der Waals surface area contributed by atoms with Crippen molar-refractivity contribution in [3.05, 3.63) is 0 Å². The molecule has 0 aliphatic heterocycles. The summed E-state index contributed by atoms with van der Waals surface area (Å²) in [5.41, 5.74) is -1.07. The van der Waals surface area contributed by atoms with E-state index in [2.05, 4.69) is 10.6 Å². The minimum atomic E-state index is -0.534. The summed E-state index contributed by atoms with van der Waals surface area (Å²) >= 11 is 0. The van der Waals surface area contributed by atoms with Crippen molar-refractivity contribution in [3.8, 4) is 0 Å². The van der Waals surface area contributed by atoms with Crippen molar-refractivity contribution in [1.29, 1.82) is 0 Å². The first-order chi connectivity index (χ1) is 13.4. The van der Waals surface area contributed by atoms with Crippen molar-refractivity contribution in [2.45, 2.75) is 72.0 Å². The van der Waals surface area contributed by atoms with Crippen LogP contribution in [0.1, 0.15) is 60.8 Å². The van der Waals surface area contributed by atoms with Crippen molar-refractivity contribution < 1.29 is 19.1 Å². The van der Waals surface area contributed by atoms with Gasteiger partial charge in [0.1, 0.15) is 11.2 Å². The van der Waals surface area contributed by atoms with Crippen molar-refractivity contribution >= 4 is 12.2 Å². The molecular weight excluding hydrogens is 372 g/mol. The standard InChI is InChI=1S/C21H44N4O4/c1-20(2,3)28-18(26)24(14-9-12-22-7)16-11-17-25(15-10-13-23-8)19(27)29-21(4,5)6/h22-23H,9-17H2,1-8H3. The van der Waals surface area contributed by atoms with Gasteiger partial charge in [0.25, 0.3) is 0 Å². The molecule has 0 aliphatic rings. The first kappa shape index (κ1) is 27.5. The molecule has 0 unspecified atom stereocenters. The highest BCUT2D eigenvalue weighted by Gasteiger charge is 2.24. The summed E-state index contributed by atoms with van der Waals surface area (Å²) in [6, 6.07) is 0. The molecule has 0 saturated carbocycles. The topological polar surface area (TPSA) is 83.1 Å². The first-order valence-corrected chi connectivity index (χ1v) is 10.6. The summed E-state index contributed by atoms with van der Waals surface area (Å²) in [5.74, 6) is 0. The zero-order valence-corrected chi connectivity index (χ0v) is 19.9. The number of amides is 2. The van der Waals surface area contributed by atoms with Gasteiger partial charge in [-0.25, -0.2) is 9.59 Å². The highest BCUT2D eigenvalue weighted by molar-refractivity contribution is 5.68. The van der Waals surface area contributed by atoms with Crippen LogP contribution in [-0.2, 0) is 9.47 Å². The minimum absolute atomic E-state index is 0.312. The zero-order valence-electron chi connectivity index (χ0n) is 19.9. The van der Waals surface area contributed by atoms with Crippen LogP contribution in [0.3, 0.4) is 0 Å². The smallest absolute Gasteiger partial charge is 0.410 e. The predicted molar refractivity (Wildman–Crippen MR) is 117 cm³/mol. The molecule has 0 aromatic rings. The second kappa shape index (κ2) is 13.6. The van der Waals surface area contributed by atoms with Gasteiger partial charge in [0, 0.05) is 26.2 Å². The number of hydrogen-bond donors (Lipinski definition) is 2. The molecule has 0 bridgehead atoms. The van der Waals surface area contributed by atoms with E-state index in [9.17, 15) is 9.59 Å². The Hall–Kier alpha value is -1.54. The Labute approximate surface area is 177 Å². The molecule has 0 aromatic carbocycles. The Balaban J connectivity index is 4.86. The third-order valence-electron chi connectivity index (χ3n) is 3.87. The summed E-state index contributed by atoms with van der Waals surface area (Å²) in [4.78, 5) is 28.5. The summed E-state index contributed by atoms with van der Waals surface area (Å²) in [5, 5.41) is 6.19. The summed E-state index contributed by atoms with van der Waals surface area (Å²) in [6.45, 7) is 15.1. The summed E-state index contributed by atoms with van der Waals surface area (Å²) < 4.78 is 11.1. The molecule has 0 saturated heterocycles. The molecule has 0 atom stereocenters. The van der Waals surface area contributed by atoms with Crippen LogP contribution >= 0.6 is 0 Å². The second-order valence-electron chi connectivity index (χ2n) is 9.20. The quantitative estimate of drug-likeness (QED) is 0.476. The number of hydrogen-bond acceptors (Lipinski definition) is 6. The van der Waals surface area contributed by atoms with Crippen LogP contribution in [0.4, 0.5) is 9.59 Å². The maximum Gasteiger partial charge on any atom is 0.410 e. The predicted octanol–water partition coefficient (Wildman–Crippen LogP) is 3.07. The number of rotatable bonds is 12. The van der Waals surface area contributed by atoms with E-state index in [0.29, 0.717) is 32.6 Å². The molecular formula is C21H44N4O4. The van der Waals surface area contributed by atoms with Gasteiger partial charge >= 0.3 is 12.2 Å². The van der Waals surface area contributed by atoms with Gasteiger partial charge in [-0.1, -0.05) is 0 Å². The number of carbonyl (C=O) groups excluding carboxylic acids is 2. The van der Waals surface area contributed by atoms with Crippen molar-refractivity contribution in [1.82, 2.24) is 20.4 Å². The van der Waals surface area contributed by atoms with Crippen LogP contribution in [0.5, 0.6) is 0 Å². The van der Waals surface area contributed by atoms with Crippen LogP contribution in [0.2, 0.25) is 0 Å². The van der Waals surface area contributed by atoms with E-state index in [4.69, 9.17) is 9.47 Å². The highest BCUT2D eigenvalue weighted by Crippen LogP contribution is 2.13. The molecule has 0 heterocycles. The van der Waals surface area contributed by atoms with Gasteiger partial charge < -0.3 is 29.9 Å². The number of carbonyl (C=O) groups is 2. The molecule has 0 rings (SSSR count). The van der Waals surface area contributed by atoms with Gasteiger partial charge in [-0.15, -0.1) is 0 Å². The van der Waals surface area contributed by atoms with E-state index in [-0.39, 0.29) is 12.2 Å². The SMILES string of the molecule is CNCCCN(CCCN(CCCNC)C(=O)OC(C)(C)C)C(=O)OC(C)(C)C. The van der Waals surface area contributed by atoms with Crippen LogP contribution in [0.15, 0.2) is 0 Å². The summed E-state index contributed by atoms with van der Waals surface area (Å²) in [7, 11) is 3.78. The van der Waals surface area contributed by atoms with E-state index < -0.39 is 11.2 Å². The highest BCUT2D eigenvalue weighted by atomic mass is 16.6. The van der Waals surface area contributed by atoms with Gasteiger partial charge in [-0.3, -0.25) is 0 Å². The molecule has 0 aliphatic carbocycles. The van der Waals surface area contributed by atoms with E-state index in [1.807, 2.05) is 55.6 Å². The Morgan fingerprint density at radius 1 is 0.655 bits per heavy atom. The normalized spacial score (nSPS) is 11.9. The molecule has 0 radical (unpaired) electrons. The van der Waals surface area contributed by atoms with Crippen LogP contribution in [0.25, 0.3) is 0 Å². The number of nitrogens with zero attached hydrogens (tertiary/aromatic N) is 2. The third kappa shape index (κ3) is 15.0. The maximum atomic E-state index is 12.5. The van der Waals surface area contributed by atoms with Crippen molar-refractivity contribution in [2.75, 3.05) is 53.4 Å². The molecule has 0 spiro atoms. The second-order valence-corrected chi connectivity index (χ2v) is 9.20. The third-order valence-corrected chi connectivity index (χ3v) is 3.87. The van der Waals surface area contributed by atoms with Gasteiger partial charge in [0.15, 0.2) is 0 Å². The van der Waals surface area contributed by atoms with E-state index in [0.717, 1.165) is 25.9 Å². The Kier molecular flexibility index (Phi) is 12.9. The average Bonchev–Trinajstić information content (AvgIpc) is 2.56. The van der Waals surface area contributed by atoms with Gasteiger partial charge in [0.05, 0.1) is 0 Å². The fraction of sp³-hybridized carbons (Fsp3) is 0.905. The van der Waals surface area contributed by atoms with E-state index in [1.54, 1.807) is 9.80 Å². The Morgan fingerprint density at radius 2 is 0.966 bits per heavy atom. The fourth-order valence-corrected chi connectivity index (χ4v) is 2.59. The Morgan fingerprint density at radius 3 is 1.24 bits per heavy atom. The van der Waals surface area contributed by atoms with Crippen molar-refractivity contribution in [3.63, 3.8) is 0 Å². The lowest BCUT2D eigenvalue weighted by Gasteiger charge is -2.30. The lowest BCUT2D eigenvalue weighted by Crippen LogP contribution is -2.42. The Bertz CT molecular complexity index is 430. The lowest BCUT2D eigenvalue weighted by atomic mass is 10.2. The average molecular weight is 417 g/mol. The molecule has 0 aromatic heterocycles. The zero-order chi connectivity index (χ0) is 22.5. The molecule has 8 nitrogen and oxygen atoms in total. The molecule has 2 amide bonds. The van der Waals surface area contributed by atoms with Crippen LogP contribution in [0, 0.1) is 0 Å². The lowest BCUT2D eigenvalue weighted by molar-refractivity contribution is 0.0203. The van der Waals surface area contributed by atoms with Crippen molar-refractivity contribution in [2.24, 2.45) is 0 Å². The minimum Gasteiger partial charge on any atom is -0.444 e. The molecule has 29 heavy (non-hydrogen) atoms. The first-order valence-electron chi connectivity index (χ1n) is 10.6. The number of nitrogens with one attached hydrogen (secondary N) is 2. The van der Waals surface area contributed by atoms with Crippen LogP contribution in [-0.4, -0.2) is 86.6 Å². The molecule has 172 valence electrons. The van der Waals surface area contributed by atoms with E-state index >= 15 is 0 Å². The fourth-order valence-electron chi connectivity index (χ4n) is 2.59. The molecule has 8 heteroatoms. The summed E-state index contributed by atoms with van der Waals surface area (Å²) in [6.07, 6.45) is 1.72. The largest absolute Gasteiger partial charge is 0.444 e. The van der Waals surface area contributed by atoms with Gasteiger partial charge in [-0.2, -0.15) is 0 Å². The van der Waals surface area contributed by atoms with Gasteiger partial charge in [-0.05, 0) is 88.0 Å². The van der Waals surface area contributed by atoms with Gasteiger partial charge in [0.2, 0.25) is 0 Å². The monoisotopic (exact) mass is 416 g/mol. The van der Waals surface area contributed by atoms with E-state index in [1.165, 1.54) is 0 Å². The molecule has 2 N–H and O–H groups in total. The van der Waals surface area contributed by atoms with Crippen LogP contribution < -0.4 is 10.6 Å². The number of ether oxygens (including phenoxy) is 2.